The summed E-state index contributed by atoms with van der Waals surface area (Å²) in [6.07, 6.45) is 5.57. The van der Waals surface area contributed by atoms with E-state index in [-0.39, 0.29) is 12.5 Å². The van der Waals surface area contributed by atoms with Crippen LogP contribution in [0.15, 0.2) is 54.9 Å². The van der Waals surface area contributed by atoms with Crippen LogP contribution < -0.4 is 0 Å². The third-order valence-corrected chi connectivity index (χ3v) is 4.06. The van der Waals surface area contributed by atoms with Gasteiger partial charge in [-0.25, -0.2) is 0 Å². The summed E-state index contributed by atoms with van der Waals surface area (Å²) >= 11 is 0. The second-order valence-electron chi connectivity index (χ2n) is 5.70. The highest BCUT2D eigenvalue weighted by Gasteiger charge is 2.36. The summed E-state index contributed by atoms with van der Waals surface area (Å²) in [6.45, 7) is 0.414. The molecule has 1 aliphatic rings. The Morgan fingerprint density at radius 3 is 2.45 bits per heavy atom. The van der Waals surface area contributed by atoms with Crippen LogP contribution in [0.2, 0.25) is 0 Å². The van der Waals surface area contributed by atoms with Crippen molar-refractivity contribution in [2.75, 3.05) is 6.61 Å². The fourth-order valence-electron chi connectivity index (χ4n) is 2.67. The number of nitrogens with zero attached hydrogens (tertiary/aromatic N) is 2. The molecule has 1 heterocycles. The van der Waals surface area contributed by atoms with Crippen molar-refractivity contribution in [3.8, 4) is 0 Å². The molecule has 1 aromatic carbocycles. The first-order valence-electron chi connectivity index (χ1n) is 7.65. The van der Waals surface area contributed by atoms with Gasteiger partial charge in [0, 0.05) is 25.0 Å². The highest BCUT2D eigenvalue weighted by molar-refractivity contribution is 5.84. The molecule has 1 aromatic heterocycles. The van der Waals surface area contributed by atoms with Gasteiger partial charge in [0.15, 0.2) is 0 Å². The van der Waals surface area contributed by atoms with E-state index < -0.39 is 5.92 Å². The molecule has 0 spiro atoms. The quantitative estimate of drug-likeness (QED) is 0.890. The van der Waals surface area contributed by atoms with Gasteiger partial charge in [-0.1, -0.05) is 30.3 Å². The fourth-order valence-corrected chi connectivity index (χ4v) is 2.67. The first kappa shape index (κ1) is 14.7. The van der Waals surface area contributed by atoms with Crippen molar-refractivity contribution in [3.63, 3.8) is 0 Å². The number of hydrogen-bond donors (Lipinski definition) is 1. The highest BCUT2D eigenvalue weighted by atomic mass is 16.3. The van der Waals surface area contributed by atoms with Crippen molar-refractivity contribution in [1.29, 1.82) is 0 Å². The second-order valence-corrected chi connectivity index (χ2v) is 5.70. The number of carbonyl (C=O) groups excluding carboxylic acids is 1. The number of carbonyl (C=O) groups is 1. The van der Waals surface area contributed by atoms with Gasteiger partial charge in [-0.15, -0.1) is 0 Å². The number of benzene rings is 1. The van der Waals surface area contributed by atoms with Crippen molar-refractivity contribution >= 4 is 5.91 Å². The predicted molar refractivity (Wildman–Crippen MR) is 84.1 cm³/mol. The summed E-state index contributed by atoms with van der Waals surface area (Å²) in [4.78, 5) is 18.8. The summed E-state index contributed by atoms with van der Waals surface area (Å²) in [6, 6.07) is 13.7. The summed E-state index contributed by atoms with van der Waals surface area (Å²) in [7, 11) is 0. The van der Waals surface area contributed by atoms with E-state index in [1.165, 1.54) is 0 Å². The van der Waals surface area contributed by atoms with Gasteiger partial charge in [0.05, 0.1) is 12.5 Å². The zero-order valence-electron chi connectivity index (χ0n) is 12.4. The predicted octanol–water partition coefficient (Wildman–Crippen LogP) is 2.35. The Labute approximate surface area is 130 Å². The third kappa shape index (κ3) is 3.34. The van der Waals surface area contributed by atoms with Crippen LogP contribution in [0.5, 0.6) is 0 Å². The van der Waals surface area contributed by atoms with Gasteiger partial charge < -0.3 is 10.0 Å². The zero-order valence-corrected chi connectivity index (χ0v) is 12.4. The molecule has 4 heteroatoms. The average molecular weight is 296 g/mol. The molecule has 2 aromatic rings. The van der Waals surface area contributed by atoms with Crippen molar-refractivity contribution in [2.45, 2.75) is 31.3 Å². The SMILES string of the molecule is O=C(C(CO)c1ccccc1)N(Cc1ccncc1)C1CC1. The van der Waals surface area contributed by atoms with Gasteiger partial charge in [0.25, 0.3) is 0 Å². The van der Waals surface area contributed by atoms with Gasteiger partial charge >= 0.3 is 0 Å². The molecule has 1 unspecified atom stereocenters. The van der Waals surface area contributed by atoms with Crippen molar-refractivity contribution < 1.29 is 9.90 Å². The van der Waals surface area contributed by atoms with E-state index in [1.54, 1.807) is 12.4 Å². The minimum Gasteiger partial charge on any atom is -0.395 e. The first-order valence-corrected chi connectivity index (χ1v) is 7.65. The molecule has 1 N–H and O–H groups in total. The Morgan fingerprint density at radius 1 is 1.18 bits per heavy atom. The summed E-state index contributed by atoms with van der Waals surface area (Å²) in [5, 5.41) is 9.71. The molecule has 4 nitrogen and oxygen atoms in total. The van der Waals surface area contributed by atoms with Crippen LogP contribution in [-0.4, -0.2) is 33.5 Å². The van der Waals surface area contributed by atoms with Crippen molar-refractivity contribution in [2.24, 2.45) is 0 Å². The molecule has 1 saturated carbocycles. The molecule has 0 radical (unpaired) electrons. The highest BCUT2D eigenvalue weighted by Crippen LogP contribution is 2.31. The van der Waals surface area contributed by atoms with Gasteiger partial charge in [0.1, 0.15) is 0 Å². The Kier molecular flexibility index (Phi) is 4.49. The molecule has 22 heavy (non-hydrogen) atoms. The molecule has 0 saturated heterocycles. The molecule has 3 rings (SSSR count). The number of hydrogen-bond acceptors (Lipinski definition) is 3. The monoisotopic (exact) mass is 296 g/mol. The Morgan fingerprint density at radius 2 is 1.86 bits per heavy atom. The average Bonchev–Trinajstić information content (AvgIpc) is 3.40. The summed E-state index contributed by atoms with van der Waals surface area (Å²) in [5.74, 6) is -0.475. The van der Waals surface area contributed by atoms with Crippen LogP contribution in [0.25, 0.3) is 0 Å². The molecule has 1 aliphatic carbocycles. The van der Waals surface area contributed by atoms with Gasteiger partial charge in [-0.2, -0.15) is 0 Å². The lowest BCUT2D eigenvalue weighted by atomic mass is 9.98. The van der Waals surface area contributed by atoms with Gasteiger partial charge in [0.2, 0.25) is 5.91 Å². The number of aliphatic hydroxyl groups is 1. The van der Waals surface area contributed by atoms with E-state index in [0.29, 0.717) is 12.6 Å². The number of pyridine rings is 1. The van der Waals surface area contributed by atoms with E-state index in [1.807, 2.05) is 47.4 Å². The van der Waals surface area contributed by atoms with E-state index in [2.05, 4.69) is 4.98 Å². The normalized spacial score (nSPS) is 15.3. The molecular weight excluding hydrogens is 276 g/mol. The lowest BCUT2D eigenvalue weighted by Crippen LogP contribution is -2.37. The van der Waals surface area contributed by atoms with Crippen molar-refractivity contribution in [1.82, 2.24) is 9.88 Å². The van der Waals surface area contributed by atoms with Gasteiger partial charge in [-0.05, 0) is 36.1 Å². The Bertz CT molecular complexity index is 611. The second kappa shape index (κ2) is 6.71. The fraction of sp³-hybridized carbons (Fsp3) is 0.333. The molecule has 0 aliphatic heterocycles. The lowest BCUT2D eigenvalue weighted by Gasteiger charge is -2.27. The maximum absolute atomic E-state index is 12.9. The minimum absolute atomic E-state index is 0.00742. The third-order valence-electron chi connectivity index (χ3n) is 4.06. The summed E-state index contributed by atoms with van der Waals surface area (Å²) in [5.41, 5.74) is 1.94. The standard InChI is InChI=1S/C18H20N2O2/c21-13-17(15-4-2-1-3-5-15)18(22)20(16-6-7-16)12-14-8-10-19-11-9-14/h1-5,8-11,16-17,21H,6-7,12-13H2. The van der Waals surface area contributed by atoms with E-state index in [4.69, 9.17) is 0 Å². The lowest BCUT2D eigenvalue weighted by molar-refractivity contribution is -0.135. The van der Waals surface area contributed by atoms with Gasteiger partial charge in [-0.3, -0.25) is 9.78 Å². The molecular formula is C18H20N2O2. The van der Waals surface area contributed by atoms with E-state index in [0.717, 1.165) is 24.0 Å². The zero-order chi connectivity index (χ0) is 15.4. The van der Waals surface area contributed by atoms with Crippen molar-refractivity contribution in [3.05, 3.63) is 66.0 Å². The molecule has 1 atom stereocenters. The number of rotatable bonds is 6. The van der Waals surface area contributed by atoms with E-state index in [9.17, 15) is 9.90 Å². The number of aromatic nitrogens is 1. The van der Waals surface area contributed by atoms with Crippen LogP contribution >= 0.6 is 0 Å². The molecule has 114 valence electrons. The number of amides is 1. The smallest absolute Gasteiger partial charge is 0.233 e. The van der Waals surface area contributed by atoms with Crippen LogP contribution in [0, 0.1) is 0 Å². The minimum atomic E-state index is -0.483. The van der Waals surface area contributed by atoms with Crippen LogP contribution in [0.3, 0.4) is 0 Å². The van der Waals surface area contributed by atoms with E-state index >= 15 is 0 Å². The summed E-state index contributed by atoms with van der Waals surface area (Å²) < 4.78 is 0. The maximum Gasteiger partial charge on any atom is 0.233 e. The Balaban J connectivity index is 1.80. The van der Waals surface area contributed by atoms with Crippen LogP contribution in [-0.2, 0) is 11.3 Å². The largest absolute Gasteiger partial charge is 0.395 e. The van der Waals surface area contributed by atoms with Crippen LogP contribution in [0.4, 0.5) is 0 Å². The topological polar surface area (TPSA) is 53.4 Å². The van der Waals surface area contributed by atoms with Crippen LogP contribution in [0.1, 0.15) is 29.9 Å². The molecule has 0 bridgehead atoms. The number of aliphatic hydroxyl groups excluding tert-OH is 1. The molecule has 1 amide bonds. The first-order chi connectivity index (χ1) is 10.8. The molecule has 1 fully saturated rings. The Hall–Kier alpha value is -2.20. The maximum atomic E-state index is 12.9.